The number of rotatable bonds is 4. The molecule has 0 saturated carbocycles. The Morgan fingerprint density at radius 3 is 2.90 bits per heavy atom. The van der Waals surface area contributed by atoms with Crippen LogP contribution in [-0.2, 0) is 6.54 Å². The van der Waals surface area contributed by atoms with Gasteiger partial charge in [0, 0.05) is 6.54 Å². The van der Waals surface area contributed by atoms with Gasteiger partial charge in [-0.1, -0.05) is 24.3 Å². The lowest BCUT2D eigenvalue weighted by Gasteiger charge is -2.04. The first-order chi connectivity index (χ1) is 10.3. The number of hydrogen-bond acceptors (Lipinski definition) is 4. The molecule has 3 rings (SSSR count). The van der Waals surface area contributed by atoms with E-state index in [-0.39, 0.29) is 5.75 Å². The average Bonchev–Trinajstić information content (AvgIpc) is 2.84. The summed E-state index contributed by atoms with van der Waals surface area (Å²) in [7, 11) is 0. The number of anilines is 1. The largest absolute Gasteiger partial charge is 0.508 e. The third-order valence-corrected chi connectivity index (χ3v) is 3.22. The van der Waals surface area contributed by atoms with Gasteiger partial charge in [-0.3, -0.25) is 0 Å². The molecule has 0 fully saturated rings. The molecule has 0 saturated heterocycles. The van der Waals surface area contributed by atoms with Gasteiger partial charge in [-0.2, -0.15) is 5.10 Å². The molecule has 0 unspecified atom stereocenters. The number of hydrogen-bond donors (Lipinski definition) is 2. The number of hydrazone groups is 1. The van der Waals surface area contributed by atoms with E-state index < -0.39 is 0 Å². The number of benzene rings is 2. The number of aryl methyl sites for hydroxylation is 1. The summed E-state index contributed by atoms with van der Waals surface area (Å²) in [5.41, 5.74) is 5.80. The molecule has 0 aliphatic rings. The maximum Gasteiger partial charge on any atom is 0.224 e. The van der Waals surface area contributed by atoms with Crippen LogP contribution in [0.15, 0.2) is 53.6 Å². The van der Waals surface area contributed by atoms with Crippen LogP contribution in [0.5, 0.6) is 5.75 Å². The molecule has 5 heteroatoms. The molecular weight excluding hydrogens is 264 g/mol. The molecule has 5 nitrogen and oxygen atoms in total. The molecule has 0 aliphatic carbocycles. The van der Waals surface area contributed by atoms with Crippen LogP contribution in [-0.4, -0.2) is 20.9 Å². The maximum atomic E-state index is 9.41. The predicted molar refractivity (Wildman–Crippen MR) is 84.7 cm³/mol. The van der Waals surface area contributed by atoms with E-state index in [1.54, 1.807) is 24.4 Å². The Morgan fingerprint density at radius 2 is 2.10 bits per heavy atom. The van der Waals surface area contributed by atoms with Gasteiger partial charge in [0.2, 0.25) is 5.95 Å². The van der Waals surface area contributed by atoms with Crippen molar-refractivity contribution in [2.24, 2.45) is 5.10 Å². The lowest BCUT2D eigenvalue weighted by molar-refractivity contribution is 0.475. The van der Waals surface area contributed by atoms with Crippen molar-refractivity contribution in [3.63, 3.8) is 0 Å². The second-order valence-corrected chi connectivity index (χ2v) is 4.63. The number of para-hydroxylation sites is 2. The summed E-state index contributed by atoms with van der Waals surface area (Å²) >= 11 is 0. The van der Waals surface area contributed by atoms with E-state index in [2.05, 4.69) is 27.0 Å². The highest BCUT2D eigenvalue weighted by Crippen LogP contribution is 2.19. The molecule has 3 aromatic rings. The van der Waals surface area contributed by atoms with Crippen molar-refractivity contribution < 1.29 is 5.11 Å². The monoisotopic (exact) mass is 280 g/mol. The zero-order valence-electron chi connectivity index (χ0n) is 11.7. The van der Waals surface area contributed by atoms with E-state index >= 15 is 0 Å². The van der Waals surface area contributed by atoms with E-state index in [0.717, 1.165) is 23.1 Å². The number of phenolic OH excluding ortho intramolecular Hbond substituents is 1. The van der Waals surface area contributed by atoms with Crippen molar-refractivity contribution in [3.8, 4) is 5.75 Å². The lowest BCUT2D eigenvalue weighted by Crippen LogP contribution is -2.01. The van der Waals surface area contributed by atoms with E-state index in [9.17, 15) is 5.11 Å². The molecule has 2 aromatic carbocycles. The van der Waals surface area contributed by atoms with E-state index in [1.165, 1.54) is 0 Å². The van der Waals surface area contributed by atoms with Gasteiger partial charge in [-0.15, -0.1) is 0 Å². The zero-order valence-corrected chi connectivity index (χ0v) is 11.7. The summed E-state index contributed by atoms with van der Waals surface area (Å²) < 4.78 is 2.06. The Balaban J connectivity index is 1.85. The van der Waals surface area contributed by atoms with Gasteiger partial charge in [-0.05, 0) is 36.8 Å². The fraction of sp³-hybridized carbons (Fsp3) is 0.125. The second-order valence-electron chi connectivity index (χ2n) is 4.63. The number of nitrogens with zero attached hydrogens (tertiary/aromatic N) is 3. The minimum atomic E-state index is 0.222. The summed E-state index contributed by atoms with van der Waals surface area (Å²) in [5.74, 6) is 0.926. The van der Waals surface area contributed by atoms with Crippen LogP contribution in [0.1, 0.15) is 12.5 Å². The molecule has 1 heterocycles. The quantitative estimate of drug-likeness (QED) is 0.570. The normalized spacial score (nSPS) is 11.3. The SMILES string of the molecule is CCn1c(N/N=C\c2cccc(O)c2)nc2ccccc21. The van der Waals surface area contributed by atoms with E-state index in [1.807, 2.05) is 30.3 Å². The molecule has 0 radical (unpaired) electrons. The number of aromatic hydroxyl groups is 1. The van der Waals surface area contributed by atoms with Crippen molar-refractivity contribution in [3.05, 3.63) is 54.1 Å². The molecule has 0 spiro atoms. The van der Waals surface area contributed by atoms with E-state index in [4.69, 9.17) is 0 Å². The van der Waals surface area contributed by atoms with Gasteiger partial charge in [0.05, 0.1) is 17.2 Å². The average molecular weight is 280 g/mol. The summed E-state index contributed by atoms with van der Waals surface area (Å²) in [6, 6.07) is 14.9. The highest BCUT2D eigenvalue weighted by molar-refractivity contribution is 5.81. The number of nitrogens with one attached hydrogen (secondary N) is 1. The van der Waals surface area contributed by atoms with Crippen molar-refractivity contribution in [2.75, 3.05) is 5.43 Å². The number of imidazole rings is 1. The number of phenols is 1. The number of fused-ring (bicyclic) bond motifs is 1. The fourth-order valence-electron chi connectivity index (χ4n) is 2.25. The minimum Gasteiger partial charge on any atom is -0.508 e. The maximum absolute atomic E-state index is 9.41. The Bertz CT molecular complexity index is 792. The lowest BCUT2D eigenvalue weighted by atomic mass is 10.2. The molecular formula is C16H16N4O. The Kier molecular flexibility index (Phi) is 3.55. The molecule has 0 amide bonds. The summed E-state index contributed by atoms with van der Waals surface area (Å²) in [4.78, 5) is 4.52. The van der Waals surface area contributed by atoms with Crippen molar-refractivity contribution >= 4 is 23.2 Å². The third-order valence-electron chi connectivity index (χ3n) is 3.22. The van der Waals surface area contributed by atoms with Crippen LogP contribution in [0.3, 0.4) is 0 Å². The summed E-state index contributed by atoms with van der Waals surface area (Å²) in [5, 5.41) is 13.6. The fourth-order valence-corrected chi connectivity index (χ4v) is 2.25. The highest BCUT2D eigenvalue weighted by atomic mass is 16.3. The minimum absolute atomic E-state index is 0.222. The molecule has 106 valence electrons. The first kappa shape index (κ1) is 13.2. The second kappa shape index (κ2) is 5.66. The van der Waals surface area contributed by atoms with Crippen LogP contribution in [0, 0.1) is 0 Å². The van der Waals surface area contributed by atoms with Gasteiger partial charge < -0.3 is 9.67 Å². The summed E-state index contributed by atoms with van der Waals surface area (Å²) in [6.07, 6.45) is 1.65. The summed E-state index contributed by atoms with van der Waals surface area (Å²) in [6.45, 7) is 2.88. The van der Waals surface area contributed by atoms with Gasteiger partial charge in [0.15, 0.2) is 0 Å². The van der Waals surface area contributed by atoms with Crippen LogP contribution < -0.4 is 5.43 Å². The Labute approximate surface area is 122 Å². The molecule has 0 bridgehead atoms. The molecule has 0 aliphatic heterocycles. The predicted octanol–water partition coefficient (Wildman–Crippen LogP) is 3.21. The highest BCUT2D eigenvalue weighted by Gasteiger charge is 2.07. The van der Waals surface area contributed by atoms with Gasteiger partial charge in [0.25, 0.3) is 0 Å². The smallest absolute Gasteiger partial charge is 0.224 e. The molecule has 1 aromatic heterocycles. The third kappa shape index (κ3) is 2.72. The Morgan fingerprint density at radius 1 is 1.24 bits per heavy atom. The van der Waals surface area contributed by atoms with Crippen molar-refractivity contribution in [1.29, 1.82) is 0 Å². The van der Waals surface area contributed by atoms with Crippen LogP contribution in [0.25, 0.3) is 11.0 Å². The zero-order chi connectivity index (χ0) is 14.7. The van der Waals surface area contributed by atoms with Crippen LogP contribution in [0.4, 0.5) is 5.95 Å². The van der Waals surface area contributed by atoms with Crippen molar-refractivity contribution in [2.45, 2.75) is 13.5 Å². The number of aromatic nitrogens is 2. The van der Waals surface area contributed by atoms with Crippen LogP contribution in [0.2, 0.25) is 0 Å². The molecule has 2 N–H and O–H groups in total. The standard InChI is InChI=1S/C16H16N4O/c1-2-20-15-9-4-3-8-14(15)18-16(20)19-17-11-12-6-5-7-13(21)10-12/h3-11,21H,2H2,1H3,(H,18,19)/b17-11-. The van der Waals surface area contributed by atoms with E-state index in [0.29, 0.717) is 5.95 Å². The van der Waals surface area contributed by atoms with Gasteiger partial charge in [0.1, 0.15) is 5.75 Å². The first-order valence-corrected chi connectivity index (χ1v) is 6.81. The van der Waals surface area contributed by atoms with Gasteiger partial charge >= 0.3 is 0 Å². The first-order valence-electron chi connectivity index (χ1n) is 6.81. The van der Waals surface area contributed by atoms with Crippen LogP contribution >= 0.6 is 0 Å². The Hall–Kier alpha value is -2.82. The van der Waals surface area contributed by atoms with Crippen molar-refractivity contribution in [1.82, 2.24) is 9.55 Å². The van der Waals surface area contributed by atoms with Gasteiger partial charge in [-0.25, -0.2) is 10.4 Å². The molecule has 21 heavy (non-hydrogen) atoms. The topological polar surface area (TPSA) is 62.4 Å². The molecule has 0 atom stereocenters.